The second-order valence-corrected chi connectivity index (χ2v) is 5.87. The molecule has 0 bridgehead atoms. The van der Waals surface area contributed by atoms with Crippen LogP contribution in [0.2, 0.25) is 0 Å². The molecular formula is C14H12N2O5S. The summed E-state index contributed by atoms with van der Waals surface area (Å²) in [6, 6.07) is 3.35. The summed E-state index contributed by atoms with van der Waals surface area (Å²) in [7, 11) is 0. The van der Waals surface area contributed by atoms with E-state index in [1.165, 1.54) is 29.0 Å². The number of carbonyl (C=O) groups is 3. The third kappa shape index (κ3) is 2.25. The third-order valence-electron chi connectivity index (χ3n) is 3.54. The number of carboxylic acid groups (broad SMARTS) is 1. The number of amides is 1. The third-order valence-corrected chi connectivity index (χ3v) is 4.68. The first-order valence-electron chi connectivity index (χ1n) is 6.50. The number of aliphatic carboxylic acids is 1. The number of hydrogen-bond acceptors (Lipinski definition) is 6. The van der Waals surface area contributed by atoms with Crippen LogP contribution in [0.3, 0.4) is 0 Å². The Bertz CT molecular complexity index is 675. The summed E-state index contributed by atoms with van der Waals surface area (Å²) >= 11 is 1.25. The van der Waals surface area contributed by atoms with Gasteiger partial charge < -0.3 is 9.84 Å². The molecule has 1 aromatic heterocycles. The van der Waals surface area contributed by atoms with E-state index in [-0.39, 0.29) is 17.0 Å². The van der Waals surface area contributed by atoms with Crippen molar-refractivity contribution in [2.24, 2.45) is 5.92 Å². The van der Waals surface area contributed by atoms with Crippen LogP contribution in [0, 0.1) is 5.92 Å². The zero-order valence-corrected chi connectivity index (χ0v) is 12.3. The van der Waals surface area contributed by atoms with Crippen LogP contribution in [0.5, 0.6) is 0 Å². The van der Waals surface area contributed by atoms with Gasteiger partial charge in [-0.15, -0.1) is 11.8 Å². The molecule has 0 aromatic carbocycles. The van der Waals surface area contributed by atoms with Crippen molar-refractivity contribution in [1.29, 1.82) is 0 Å². The normalized spacial score (nSPS) is 24.1. The number of carbonyl (C=O) groups excluding carboxylic acids is 2. The highest BCUT2D eigenvalue weighted by atomic mass is 32.2. The summed E-state index contributed by atoms with van der Waals surface area (Å²) in [5.41, 5.74) is 0.625. The van der Waals surface area contributed by atoms with Gasteiger partial charge in [0.1, 0.15) is 23.1 Å². The SMILES string of the molecule is CC(=O)OC(c1ccncc1)C1C(=O)N2C(C(=O)O)=CS[C@H]12. The standard InChI is InChI=1S/C14H12N2O5S/c1-7(17)21-11(8-2-4-15-5-3-8)10-12(18)16-9(14(19)20)6-22-13(10)16/h2-6,10-11,13H,1H3,(H,19,20)/t10?,11?,13-/m1/s1. The molecule has 2 aliphatic rings. The Morgan fingerprint density at radius 1 is 1.41 bits per heavy atom. The van der Waals surface area contributed by atoms with Crippen LogP contribution < -0.4 is 0 Å². The van der Waals surface area contributed by atoms with E-state index in [0.717, 1.165) is 0 Å². The minimum absolute atomic E-state index is 0.0347. The number of ether oxygens (including phenoxy) is 1. The zero-order chi connectivity index (χ0) is 15.9. The summed E-state index contributed by atoms with van der Waals surface area (Å²) < 4.78 is 5.32. The van der Waals surface area contributed by atoms with Gasteiger partial charge in [0.25, 0.3) is 0 Å². The molecule has 1 N–H and O–H groups in total. The lowest BCUT2D eigenvalue weighted by Gasteiger charge is -2.45. The molecule has 2 unspecified atom stereocenters. The Balaban J connectivity index is 1.87. The molecule has 1 saturated heterocycles. The number of pyridine rings is 1. The monoisotopic (exact) mass is 320 g/mol. The summed E-state index contributed by atoms with van der Waals surface area (Å²) in [5, 5.41) is 10.2. The quantitative estimate of drug-likeness (QED) is 0.656. The Kier molecular flexibility index (Phi) is 3.61. The largest absolute Gasteiger partial charge is 0.477 e. The van der Waals surface area contributed by atoms with Gasteiger partial charge in [-0.25, -0.2) is 4.79 Å². The molecule has 7 nitrogen and oxygen atoms in total. The molecule has 114 valence electrons. The maximum atomic E-state index is 12.4. The Hall–Kier alpha value is -2.35. The van der Waals surface area contributed by atoms with Gasteiger partial charge in [-0.3, -0.25) is 19.5 Å². The van der Waals surface area contributed by atoms with Crippen LogP contribution in [0.25, 0.3) is 0 Å². The van der Waals surface area contributed by atoms with E-state index in [9.17, 15) is 14.4 Å². The molecule has 3 heterocycles. The van der Waals surface area contributed by atoms with Crippen molar-refractivity contribution in [3.05, 3.63) is 41.2 Å². The fraction of sp³-hybridized carbons (Fsp3) is 0.286. The maximum absolute atomic E-state index is 12.4. The van der Waals surface area contributed by atoms with E-state index >= 15 is 0 Å². The Morgan fingerprint density at radius 3 is 2.68 bits per heavy atom. The van der Waals surface area contributed by atoms with Crippen molar-refractivity contribution >= 4 is 29.6 Å². The van der Waals surface area contributed by atoms with Gasteiger partial charge in [0.15, 0.2) is 0 Å². The highest BCUT2D eigenvalue weighted by Crippen LogP contribution is 2.50. The minimum atomic E-state index is -1.14. The topological polar surface area (TPSA) is 96.8 Å². The van der Waals surface area contributed by atoms with E-state index < -0.39 is 24.0 Å². The molecule has 1 amide bonds. The fourth-order valence-electron chi connectivity index (χ4n) is 2.59. The summed E-state index contributed by atoms with van der Waals surface area (Å²) in [6.45, 7) is 1.28. The smallest absolute Gasteiger partial charge is 0.353 e. The van der Waals surface area contributed by atoms with Gasteiger partial charge in [0.05, 0.1) is 0 Å². The molecule has 1 fully saturated rings. The Labute approximate surface area is 130 Å². The van der Waals surface area contributed by atoms with Crippen molar-refractivity contribution in [2.45, 2.75) is 18.4 Å². The van der Waals surface area contributed by atoms with E-state index in [0.29, 0.717) is 5.56 Å². The van der Waals surface area contributed by atoms with Crippen LogP contribution in [0.4, 0.5) is 0 Å². The summed E-state index contributed by atoms with van der Waals surface area (Å²) in [6.07, 6.45) is 2.36. The predicted molar refractivity (Wildman–Crippen MR) is 76.2 cm³/mol. The van der Waals surface area contributed by atoms with Crippen LogP contribution >= 0.6 is 11.8 Å². The number of thioether (sulfide) groups is 1. The summed E-state index contributed by atoms with van der Waals surface area (Å²) in [5.74, 6) is -2.60. The first-order valence-corrected chi connectivity index (χ1v) is 7.44. The predicted octanol–water partition coefficient (Wildman–Crippen LogP) is 1.14. The molecule has 0 saturated carbocycles. The lowest BCUT2D eigenvalue weighted by molar-refractivity contribution is -0.167. The number of hydrogen-bond donors (Lipinski definition) is 1. The van der Waals surface area contributed by atoms with E-state index in [2.05, 4.69) is 4.98 Å². The molecule has 3 atom stereocenters. The number of β-lactam (4-membered cyclic amide) rings is 1. The van der Waals surface area contributed by atoms with Crippen LogP contribution in [0.15, 0.2) is 35.6 Å². The lowest BCUT2D eigenvalue weighted by Crippen LogP contribution is -2.59. The first-order chi connectivity index (χ1) is 10.5. The van der Waals surface area contributed by atoms with Crippen LogP contribution in [0.1, 0.15) is 18.6 Å². The Morgan fingerprint density at radius 2 is 2.09 bits per heavy atom. The van der Waals surface area contributed by atoms with Crippen molar-refractivity contribution < 1.29 is 24.2 Å². The van der Waals surface area contributed by atoms with Crippen LogP contribution in [-0.2, 0) is 19.1 Å². The molecule has 1 aromatic rings. The molecule has 0 spiro atoms. The highest BCUT2D eigenvalue weighted by Gasteiger charge is 2.57. The fourth-order valence-corrected chi connectivity index (χ4v) is 3.84. The van der Waals surface area contributed by atoms with Gasteiger partial charge in [-0.1, -0.05) is 0 Å². The highest BCUT2D eigenvalue weighted by molar-refractivity contribution is 8.03. The molecule has 22 heavy (non-hydrogen) atoms. The van der Waals surface area contributed by atoms with Gasteiger partial charge in [0, 0.05) is 24.7 Å². The van der Waals surface area contributed by atoms with E-state index in [1.807, 2.05) is 0 Å². The number of nitrogens with zero attached hydrogens (tertiary/aromatic N) is 2. The number of carboxylic acids is 1. The molecule has 3 rings (SSSR count). The first kappa shape index (κ1) is 14.6. The second kappa shape index (κ2) is 5.45. The van der Waals surface area contributed by atoms with Gasteiger partial charge >= 0.3 is 11.9 Å². The van der Waals surface area contributed by atoms with Gasteiger partial charge in [-0.05, 0) is 17.7 Å². The van der Waals surface area contributed by atoms with Crippen molar-refractivity contribution in [1.82, 2.24) is 9.88 Å². The number of rotatable bonds is 4. The van der Waals surface area contributed by atoms with Crippen molar-refractivity contribution in [3.8, 4) is 0 Å². The molecular weight excluding hydrogens is 308 g/mol. The maximum Gasteiger partial charge on any atom is 0.353 e. The summed E-state index contributed by atoms with van der Waals surface area (Å²) in [4.78, 5) is 39.9. The average molecular weight is 320 g/mol. The van der Waals surface area contributed by atoms with Crippen molar-refractivity contribution in [3.63, 3.8) is 0 Å². The molecule has 0 aliphatic carbocycles. The van der Waals surface area contributed by atoms with E-state index in [1.54, 1.807) is 24.5 Å². The second-order valence-electron chi connectivity index (χ2n) is 4.88. The minimum Gasteiger partial charge on any atom is -0.477 e. The number of aromatic nitrogens is 1. The molecule has 8 heteroatoms. The van der Waals surface area contributed by atoms with Gasteiger partial charge in [-0.2, -0.15) is 0 Å². The van der Waals surface area contributed by atoms with E-state index in [4.69, 9.17) is 9.84 Å². The average Bonchev–Trinajstić information content (AvgIpc) is 2.87. The number of esters is 1. The molecule has 0 radical (unpaired) electrons. The number of fused-ring (bicyclic) bond motifs is 1. The lowest BCUT2D eigenvalue weighted by atomic mass is 9.87. The van der Waals surface area contributed by atoms with Crippen LogP contribution in [-0.4, -0.2) is 38.2 Å². The van der Waals surface area contributed by atoms with Gasteiger partial charge in [0.2, 0.25) is 5.91 Å². The van der Waals surface area contributed by atoms with Crippen molar-refractivity contribution in [2.75, 3.05) is 0 Å². The zero-order valence-electron chi connectivity index (χ0n) is 11.5. The molecule has 2 aliphatic heterocycles.